The summed E-state index contributed by atoms with van der Waals surface area (Å²) in [6, 6.07) is 13.7. The summed E-state index contributed by atoms with van der Waals surface area (Å²) in [6.45, 7) is 0. The second-order valence-electron chi connectivity index (χ2n) is 9.43. The average Bonchev–Trinajstić information content (AvgIpc) is 3.70. The number of pyridine rings is 1. The maximum Gasteiger partial charge on any atom is 0.251 e. The number of halogens is 2. The number of benzene rings is 2. The van der Waals surface area contributed by atoms with E-state index in [1.807, 2.05) is 6.07 Å². The first kappa shape index (κ1) is 20.0. The number of aromatic nitrogens is 1. The second-order valence-corrected chi connectivity index (χ2v) is 9.87. The molecule has 3 saturated carbocycles. The molecule has 3 aliphatic rings. The number of hydrogen-bond acceptors (Lipinski definition) is 3. The van der Waals surface area contributed by atoms with Gasteiger partial charge in [-0.05, 0) is 97.9 Å². The molecule has 0 aliphatic heterocycles. The topological polar surface area (TPSA) is 51.2 Å². The molecule has 2 aromatic carbocycles. The monoisotopic (exact) mass is 450 g/mol. The minimum Gasteiger partial charge on any atom is -0.490 e. The number of hydrogen-bond donors (Lipinski definition) is 1. The fourth-order valence-electron chi connectivity index (χ4n) is 5.67. The predicted molar refractivity (Wildman–Crippen MR) is 121 cm³/mol. The first-order valence-electron chi connectivity index (χ1n) is 11.3. The van der Waals surface area contributed by atoms with Crippen LogP contribution in [-0.2, 0) is 0 Å². The third-order valence-corrected chi connectivity index (χ3v) is 7.63. The van der Waals surface area contributed by atoms with E-state index in [0.29, 0.717) is 40.0 Å². The van der Waals surface area contributed by atoms with Gasteiger partial charge in [-0.15, -0.1) is 0 Å². The van der Waals surface area contributed by atoms with Crippen LogP contribution < -0.4 is 10.1 Å². The molecule has 1 unspecified atom stereocenters. The van der Waals surface area contributed by atoms with E-state index in [0.717, 1.165) is 23.7 Å². The van der Waals surface area contributed by atoms with Gasteiger partial charge in [0.05, 0.1) is 11.6 Å². The molecular weight excluding hydrogens is 427 g/mol. The summed E-state index contributed by atoms with van der Waals surface area (Å²) in [5.41, 5.74) is 1.40. The van der Waals surface area contributed by atoms with E-state index in [1.165, 1.54) is 25.0 Å². The van der Waals surface area contributed by atoms with Crippen molar-refractivity contribution in [3.8, 4) is 5.75 Å². The number of fused-ring (bicyclic) bond motifs is 2. The van der Waals surface area contributed by atoms with E-state index in [1.54, 1.807) is 36.5 Å². The van der Waals surface area contributed by atoms with E-state index in [-0.39, 0.29) is 23.9 Å². The normalized spacial score (nSPS) is 27.1. The van der Waals surface area contributed by atoms with Gasteiger partial charge in [0.25, 0.3) is 5.91 Å². The number of ether oxygens (including phenoxy) is 1. The minimum absolute atomic E-state index is 0.0124. The summed E-state index contributed by atoms with van der Waals surface area (Å²) in [6.07, 6.45) is 6.18. The van der Waals surface area contributed by atoms with Crippen molar-refractivity contribution in [3.63, 3.8) is 0 Å². The molecule has 3 aromatic rings. The zero-order chi connectivity index (χ0) is 21.8. The molecule has 1 heterocycles. The van der Waals surface area contributed by atoms with E-state index < -0.39 is 0 Å². The summed E-state index contributed by atoms with van der Waals surface area (Å²) in [5, 5.41) is 4.68. The Kier molecular flexibility index (Phi) is 4.83. The molecule has 6 heteroatoms. The lowest BCUT2D eigenvalue weighted by Crippen LogP contribution is -2.39. The van der Waals surface area contributed by atoms with Gasteiger partial charge in [0.1, 0.15) is 11.6 Å². The molecule has 1 N–H and O–H groups in total. The summed E-state index contributed by atoms with van der Waals surface area (Å²) in [5.74, 6) is 2.70. The van der Waals surface area contributed by atoms with Crippen molar-refractivity contribution in [2.24, 2.45) is 23.7 Å². The summed E-state index contributed by atoms with van der Waals surface area (Å²) in [4.78, 5) is 17.1. The van der Waals surface area contributed by atoms with Crippen LogP contribution >= 0.6 is 11.6 Å². The number of rotatable bonds is 6. The Morgan fingerprint density at radius 1 is 1.09 bits per heavy atom. The predicted octanol–water partition coefficient (Wildman–Crippen LogP) is 5.64. The number of nitrogens with zero attached hydrogens (tertiary/aromatic N) is 1. The van der Waals surface area contributed by atoms with E-state index >= 15 is 0 Å². The summed E-state index contributed by atoms with van der Waals surface area (Å²) >= 11 is 5.95. The van der Waals surface area contributed by atoms with Crippen LogP contribution in [0.1, 0.15) is 36.0 Å². The highest BCUT2D eigenvalue weighted by atomic mass is 35.5. The zero-order valence-corrected chi connectivity index (χ0v) is 18.3. The van der Waals surface area contributed by atoms with Gasteiger partial charge in [0.2, 0.25) is 0 Å². The molecule has 0 saturated heterocycles. The first-order valence-corrected chi connectivity index (χ1v) is 11.7. The fraction of sp³-hybridized carbons (Fsp3) is 0.385. The van der Waals surface area contributed by atoms with Gasteiger partial charge >= 0.3 is 0 Å². The largest absolute Gasteiger partial charge is 0.490 e. The average molecular weight is 451 g/mol. The molecule has 32 heavy (non-hydrogen) atoms. The maximum absolute atomic E-state index is 13.7. The molecular formula is C26H24ClFN2O2. The molecule has 3 aliphatic carbocycles. The van der Waals surface area contributed by atoms with Crippen molar-refractivity contribution in [2.45, 2.75) is 37.8 Å². The van der Waals surface area contributed by atoms with Crippen LogP contribution in [0.2, 0.25) is 5.02 Å². The van der Waals surface area contributed by atoms with Crippen LogP contribution in [-0.4, -0.2) is 23.0 Å². The smallest absolute Gasteiger partial charge is 0.251 e. The standard InChI is InChI=1S/C26H24ClFN2O2/c27-16-5-3-15(4-6-16)26(31)30-25(14-1-2-14)24-19-12-18(13-20(19)24)32-23-9-10-29-22-8-7-17(28)11-21(22)23/h3-11,14,18-20,24-25H,1-2,12-13H2,(H,30,31)/t18-,19-,20+,24-,25?. The van der Waals surface area contributed by atoms with Crippen LogP contribution in [0, 0.1) is 29.5 Å². The Hall–Kier alpha value is -2.66. The Balaban J connectivity index is 1.11. The minimum atomic E-state index is -0.284. The third-order valence-electron chi connectivity index (χ3n) is 7.37. The lowest BCUT2D eigenvalue weighted by molar-refractivity contribution is 0.0918. The van der Waals surface area contributed by atoms with Crippen molar-refractivity contribution >= 4 is 28.4 Å². The van der Waals surface area contributed by atoms with Crippen molar-refractivity contribution in [1.82, 2.24) is 10.3 Å². The number of amides is 1. The molecule has 1 aromatic heterocycles. The molecule has 6 rings (SSSR count). The Morgan fingerprint density at radius 2 is 1.84 bits per heavy atom. The van der Waals surface area contributed by atoms with Crippen LogP contribution in [0.4, 0.5) is 4.39 Å². The molecule has 0 spiro atoms. The summed E-state index contributed by atoms with van der Waals surface area (Å²) in [7, 11) is 0. The van der Waals surface area contributed by atoms with Gasteiger partial charge in [-0.3, -0.25) is 9.78 Å². The molecule has 1 amide bonds. The van der Waals surface area contributed by atoms with Crippen molar-refractivity contribution < 1.29 is 13.9 Å². The van der Waals surface area contributed by atoms with Gasteiger partial charge in [-0.2, -0.15) is 0 Å². The number of nitrogens with one attached hydrogen (secondary N) is 1. The van der Waals surface area contributed by atoms with Gasteiger partial charge in [-0.25, -0.2) is 4.39 Å². The second kappa shape index (κ2) is 7.73. The van der Waals surface area contributed by atoms with Crippen molar-refractivity contribution in [1.29, 1.82) is 0 Å². The molecule has 0 radical (unpaired) electrons. The zero-order valence-electron chi connectivity index (χ0n) is 17.5. The van der Waals surface area contributed by atoms with Gasteiger partial charge in [0.15, 0.2) is 0 Å². The van der Waals surface area contributed by atoms with E-state index in [2.05, 4.69) is 10.3 Å². The third kappa shape index (κ3) is 3.73. The Labute approximate surface area is 191 Å². The highest BCUT2D eigenvalue weighted by Gasteiger charge is 2.61. The Morgan fingerprint density at radius 3 is 2.56 bits per heavy atom. The molecule has 4 nitrogen and oxygen atoms in total. The lowest BCUT2D eigenvalue weighted by Gasteiger charge is -2.23. The lowest BCUT2D eigenvalue weighted by atomic mass is 9.98. The number of carbonyl (C=O) groups excluding carboxylic acids is 1. The van der Waals surface area contributed by atoms with Crippen LogP contribution in [0.15, 0.2) is 54.7 Å². The Bertz CT molecular complexity index is 1170. The maximum atomic E-state index is 13.7. The highest BCUT2D eigenvalue weighted by molar-refractivity contribution is 6.30. The molecule has 0 bridgehead atoms. The molecule has 5 atom stereocenters. The molecule has 164 valence electrons. The van der Waals surface area contributed by atoms with E-state index in [9.17, 15) is 9.18 Å². The van der Waals surface area contributed by atoms with Crippen LogP contribution in [0.5, 0.6) is 5.75 Å². The fourth-order valence-corrected chi connectivity index (χ4v) is 5.79. The van der Waals surface area contributed by atoms with Gasteiger partial charge < -0.3 is 10.1 Å². The quantitative estimate of drug-likeness (QED) is 0.528. The first-order chi connectivity index (χ1) is 15.6. The van der Waals surface area contributed by atoms with Gasteiger partial charge in [0, 0.05) is 28.2 Å². The molecule has 3 fully saturated rings. The van der Waals surface area contributed by atoms with Gasteiger partial charge in [-0.1, -0.05) is 11.6 Å². The highest BCUT2D eigenvalue weighted by Crippen LogP contribution is 2.62. The van der Waals surface area contributed by atoms with E-state index in [4.69, 9.17) is 16.3 Å². The van der Waals surface area contributed by atoms with Crippen molar-refractivity contribution in [3.05, 3.63) is 71.1 Å². The summed E-state index contributed by atoms with van der Waals surface area (Å²) < 4.78 is 20.0. The SMILES string of the molecule is O=C(NC(C1CC1)[C@@H]1[C@@H]2C[C@@H](Oc3ccnc4ccc(F)cc34)C[C@@H]21)c1ccc(Cl)cc1. The van der Waals surface area contributed by atoms with Crippen LogP contribution in [0.25, 0.3) is 10.9 Å². The van der Waals surface area contributed by atoms with Crippen molar-refractivity contribution in [2.75, 3.05) is 0 Å². The number of carbonyl (C=O) groups is 1. The van der Waals surface area contributed by atoms with Crippen LogP contribution in [0.3, 0.4) is 0 Å².